The zero-order chi connectivity index (χ0) is 13.1. The third-order valence-electron chi connectivity index (χ3n) is 3.42. The van der Waals surface area contributed by atoms with Gasteiger partial charge in [-0.25, -0.2) is 9.97 Å². The minimum absolute atomic E-state index is 0.418. The van der Waals surface area contributed by atoms with Gasteiger partial charge in [0.25, 0.3) is 0 Å². The molecule has 0 aromatic carbocycles. The lowest BCUT2D eigenvalue weighted by molar-refractivity contribution is 0.558. The molecule has 0 saturated heterocycles. The van der Waals surface area contributed by atoms with Crippen LogP contribution in [0.4, 0.5) is 11.6 Å². The van der Waals surface area contributed by atoms with Crippen LogP contribution in [0.2, 0.25) is 0 Å². The van der Waals surface area contributed by atoms with Gasteiger partial charge in [0, 0.05) is 24.6 Å². The van der Waals surface area contributed by atoms with E-state index in [4.69, 9.17) is 0 Å². The molecule has 2 rings (SSSR count). The van der Waals surface area contributed by atoms with Gasteiger partial charge in [-0.2, -0.15) is 0 Å². The normalized spacial score (nSPS) is 16.7. The molecule has 1 aromatic rings. The SMILES string of the molecule is CCNc1cc(NC(C)C(C)C)nc(C2CC2)n1. The average molecular weight is 248 g/mol. The molecule has 1 aromatic heterocycles. The predicted octanol–water partition coefficient (Wildman–Crippen LogP) is 3.24. The van der Waals surface area contributed by atoms with Gasteiger partial charge in [0.15, 0.2) is 0 Å². The molecule has 18 heavy (non-hydrogen) atoms. The molecule has 0 spiro atoms. The highest BCUT2D eigenvalue weighted by Gasteiger charge is 2.27. The summed E-state index contributed by atoms with van der Waals surface area (Å²) in [6.45, 7) is 9.59. The molecule has 1 unspecified atom stereocenters. The van der Waals surface area contributed by atoms with Gasteiger partial charge >= 0.3 is 0 Å². The molecule has 1 fully saturated rings. The molecule has 4 heteroatoms. The van der Waals surface area contributed by atoms with E-state index in [0.717, 1.165) is 24.0 Å². The van der Waals surface area contributed by atoms with Gasteiger partial charge < -0.3 is 10.6 Å². The lowest BCUT2D eigenvalue weighted by atomic mass is 10.1. The quantitative estimate of drug-likeness (QED) is 0.811. The van der Waals surface area contributed by atoms with E-state index in [1.165, 1.54) is 12.8 Å². The van der Waals surface area contributed by atoms with Gasteiger partial charge in [0.2, 0.25) is 0 Å². The maximum Gasteiger partial charge on any atom is 0.136 e. The second kappa shape index (κ2) is 5.55. The largest absolute Gasteiger partial charge is 0.370 e. The molecule has 0 bridgehead atoms. The molecule has 1 aliphatic carbocycles. The first-order valence-electron chi connectivity index (χ1n) is 6.99. The Labute approximate surface area is 110 Å². The topological polar surface area (TPSA) is 49.8 Å². The van der Waals surface area contributed by atoms with Gasteiger partial charge in [-0.3, -0.25) is 0 Å². The van der Waals surface area contributed by atoms with Crippen LogP contribution in [0.25, 0.3) is 0 Å². The lowest BCUT2D eigenvalue weighted by Crippen LogP contribution is -2.22. The van der Waals surface area contributed by atoms with Gasteiger partial charge in [0.1, 0.15) is 17.5 Å². The van der Waals surface area contributed by atoms with E-state index in [9.17, 15) is 0 Å². The van der Waals surface area contributed by atoms with Crippen molar-refractivity contribution in [1.82, 2.24) is 9.97 Å². The Kier molecular flexibility index (Phi) is 4.04. The van der Waals surface area contributed by atoms with E-state index in [1.807, 2.05) is 6.07 Å². The molecule has 1 atom stereocenters. The standard InChI is InChI=1S/C14H24N4/c1-5-15-12-8-13(16-10(4)9(2)3)18-14(17-12)11-6-7-11/h8-11H,5-7H2,1-4H3,(H2,15,16,17,18). The van der Waals surface area contributed by atoms with E-state index in [-0.39, 0.29) is 0 Å². The molecule has 2 N–H and O–H groups in total. The van der Waals surface area contributed by atoms with Gasteiger partial charge in [-0.05, 0) is 32.6 Å². The van der Waals surface area contributed by atoms with Gasteiger partial charge in [-0.1, -0.05) is 13.8 Å². The Morgan fingerprint density at radius 1 is 1.22 bits per heavy atom. The summed E-state index contributed by atoms with van der Waals surface area (Å²) in [6, 6.07) is 2.43. The summed E-state index contributed by atoms with van der Waals surface area (Å²) in [5, 5.41) is 6.75. The summed E-state index contributed by atoms with van der Waals surface area (Å²) < 4.78 is 0. The fraction of sp³-hybridized carbons (Fsp3) is 0.714. The van der Waals surface area contributed by atoms with Crippen molar-refractivity contribution in [2.75, 3.05) is 17.2 Å². The summed E-state index contributed by atoms with van der Waals surface area (Å²) in [6.07, 6.45) is 2.46. The van der Waals surface area contributed by atoms with Crippen LogP contribution in [0.1, 0.15) is 52.3 Å². The van der Waals surface area contributed by atoms with E-state index < -0.39 is 0 Å². The third kappa shape index (κ3) is 3.34. The molecule has 1 aliphatic rings. The van der Waals surface area contributed by atoms with Crippen LogP contribution in [-0.2, 0) is 0 Å². The Bertz CT molecular complexity index is 399. The smallest absolute Gasteiger partial charge is 0.136 e. The number of nitrogens with one attached hydrogen (secondary N) is 2. The van der Waals surface area contributed by atoms with E-state index in [1.54, 1.807) is 0 Å². The number of nitrogens with zero attached hydrogens (tertiary/aromatic N) is 2. The monoisotopic (exact) mass is 248 g/mol. The van der Waals surface area contributed by atoms with Crippen LogP contribution >= 0.6 is 0 Å². The lowest BCUT2D eigenvalue weighted by Gasteiger charge is -2.19. The summed E-state index contributed by atoms with van der Waals surface area (Å²) in [7, 11) is 0. The van der Waals surface area contributed by atoms with E-state index >= 15 is 0 Å². The molecule has 0 amide bonds. The highest BCUT2D eigenvalue weighted by Crippen LogP contribution is 2.38. The molecule has 0 radical (unpaired) electrons. The Morgan fingerprint density at radius 2 is 1.89 bits per heavy atom. The number of hydrogen-bond donors (Lipinski definition) is 2. The van der Waals surface area contributed by atoms with Gasteiger partial charge in [-0.15, -0.1) is 0 Å². The molecular formula is C14H24N4. The van der Waals surface area contributed by atoms with Crippen molar-refractivity contribution >= 4 is 11.6 Å². The van der Waals surface area contributed by atoms with Crippen LogP contribution < -0.4 is 10.6 Å². The van der Waals surface area contributed by atoms with Crippen LogP contribution in [-0.4, -0.2) is 22.6 Å². The number of hydrogen-bond acceptors (Lipinski definition) is 4. The fourth-order valence-electron chi connectivity index (χ4n) is 1.74. The second-order valence-electron chi connectivity index (χ2n) is 5.48. The molecular weight excluding hydrogens is 224 g/mol. The maximum atomic E-state index is 4.64. The average Bonchev–Trinajstić information content (AvgIpc) is 3.12. The zero-order valence-electron chi connectivity index (χ0n) is 11.8. The van der Waals surface area contributed by atoms with Crippen LogP contribution in [0.3, 0.4) is 0 Å². The van der Waals surface area contributed by atoms with Crippen molar-refractivity contribution in [2.45, 2.75) is 52.5 Å². The first kappa shape index (κ1) is 13.1. The minimum atomic E-state index is 0.418. The minimum Gasteiger partial charge on any atom is -0.370 e. The second-order valence-corrected chi connectivity index (χ2v) is 5.48. The van der Waals surface area contributed by atoms with Crippen molar-refractivity contribution in [3.8, 4) is 0 Å². The summed E-state index contributed by atoms with van der Waals surface area (Å²) in [5.74, 6) is 4.05. The highest BCUT2D eigenvalue weighted by atomic mass is 15.1. The van der Waals surface area contributed by atoms with Crippen LogP contribution in [0.15, 0.2) is 6.07 Å². The molecule has 1 heterocycles. The molecule has 0 aliphatic heterocycles. The molecule has 1 saturated carbocycles. The zero-order valence-corrected chi connectivity index (χ0v) is 11.8. The predicted molar refractivity (Wildman–Crippen MR) is 76.1 cm³/mol. The Morgan fingerprint density at radius 3 is 2.44 bits per heavy atom. The molecule has 100 valence electrons. The number of aromatic nitrogens is 2. The van der Waals surface area contributed by atoms with Crippen molar-refractivity contribution in [3.63, 3.8) is 0 Å². The van der Waals surface area contributed by atoms with E-state index in [2.05, 4.69) is 48.3 Å². The van der Waals surface area contributed by atoms with Crippen LogP contribution in [0.5, 0.6) is 0 Å². The summed E-state index contributed by atoms with van der Waals surface area (Å²) in [5.41, 5.74) is 0. The third-order valence-corrected chi connectivity index (χ3v) is 3.42. The van der Waals surface area contributed by atoms with Crippen molar-refractivity contribution in [2.24, 2.45) is 5.92 Å². The summed E-state index contributed by atoms with van der Waals surface area (Å²) >= 11 is 0. The van der Waals surface area contributed by atoms with Crippen LogP contribution in [0, 0.1) is 5.92 Å². The number of anilines is 2. The van der Waals surface area contributed by atoms with Crippen molar-refractivity contribution < 1.29 is 0 Å². The van der Waals surface area contributed by atoms with Gasteiger partial charge in [0.05, 0.1) is 0 Å². The summed E-state index contributed by atoms with van der Waals surface area (Å²) in [4.78, 5) is 9.21. The first-order valence-corrected chi connectivity index (χ1v) is 6.99. The highest BCUT2D eigenvalue weighted by molar-refractivity contribution is 5.48. The number of rotatable bonds is 6. The molecule has 4 nitrogen and oxygen atoms in total. The van der Waals surface area contributed by atoms with Crippen molar-refractivity contribution in [1.29, 1.82) is 0 Å². The van der Waals surface area contributed by atoms with E-state index in [0.29, 0.717) is 17.9 Å². The first-order chi connectivity index (χ1) is 8.60. The van der Waals surface area contributed by atoms with Crippen molar-refractivity contribution in [3.05, 3.63) is 11.9 Å². The maximum absolute atomic E-state index is 4.64. The Hall–Kier alpha value is -1.32. The fourth-order valence-corrected chi connectivity index (χ4v) is 1.74. The Balaban J connectivity index is 2.17.